The van der Waals surface area contributed by atoms with E-state index in [2.05, 4.69) is 45.9 Å². The van der Waals surface area contributed by atoms with Crippen molar-refractivity contribution < 1.29 is 9.84 Å². The van der Waals surface area contributed by atoms with E-state index < -0.39 is 11.1 Å². The maximum atomic E-state index is 10.2. The average molecular weight is 425 g/mol. The molecule has 1 aliphatic heterocycles. The number of hydrogen-bond donors (Lipinski definition) is 2. The van der Waals surface area contributed by atoms with Gasteiger partial charge in [-0.3, -0.25) is 9.55 Å². The number of fused-ring (bicyclic) bond motifs is 3. The summed E-state index contributed by atoms with van der Waals surface area (Å²) >= 11 is 0. The van der Waals surface area contributed by atoms with E-state index in [1.54, 1.807) is 12.4 Å². The lowest BCUT2D eigenvalue weighted by Gasteiger charge is -2.49. The highest BCUT2D eigenvalue weighted by atomic mass is 16.5. The van der Waals surface area contributed by atoms with Crippen LogP contribution < -0.4 is 10.5 Å². The fourth-order valence-electron chi connectivity index (χ4n) is 5.16. The molecule has 1 saturated carbocycles. The second kappa shape index (κ2) is 6.76. The Bertz CT molecular complexity index is 1300. The number of aliphatic hydroxyl groups is 1. The van der Waals surface area contributed by atoms with E-state index in [0.717, 1.165) is 45.2 Å². The van der Waals surface area contributed by atoms with Gasteiger partial charge in [0.25, 0.3) is 0 Å². The summed E-state index contributed by atoms with van der Waals surface area (Å²) in [5, 5.41) is 10.2. The maximum Gasteiger partial charge on any atom is 0.167 e. The second-order valence-electron chi connectivity index (χ2n) is 9.16. The number of hydrogen-bond acceptors (Lipinski definition) is 5. The van der Waals surface area contributed by atoms with Crippen molar-refractivity contribution in [1.82, 2.24) is 14.5 Å². The Morgan fingerprint density at radius 1 is 1.00 bits per heavy atom. The topological polar surface area (TPSA) is 86.2 Å². The van der Waals surface area contributed by atoms with Gasteiger partial charge in [0.1, 0.15) is 11.6 Å². The molecule has 0 saturated heterocycles. The Morgan fingerprint density at radius 3 is 2.47 bits per heavy atom. The van der Waals surface area contributed by atoms with E-state index in [9.17, 15) is 5.11 Å². The minimum atomic E-state index is -0.682. The average Bonchev–Trinajstić information content (AvgIpc) is 3.18. The summed E-state index contributed by atoms with van der Waals surface area (Å²) in [5.74, 6) is 1.64. The number of ether oxygens (including phenoxy) is 1. The third-order valence-corrected chi connectivity index (χ3v) is 6.51. The Morgan fingerprint density at radius 2 is 1.75 bits per heavy atom. The van der Waals surface area contributed by atoms with Crippen LogP contribution in [0.3, 0.4) is 0 Å². The van der Waals surface area contributed by atoms with Crippen LogP contribution in [0.1, 0.15) is 25.3 Å². The van der Waals surface area contributed by atoms with Crippen LogP contribution in [-0.2, 0) is 12.3 Å². The van der Waals surface area contributed by atoms with Crippen molar-refractivity contribution in [3.05, 3.63) is 78.6 Å². The van der Waals surface area contributed by atoms with Gasteiger partial charge in [-0.1, -0.05) is 54.6 Å². The smallest absolute Gasteiger partial charge is 0.167 e. The minimum Gasteiger partial charge on any atom is -0.472 e. The van der Waals surface area contributed by atoms with Crippen LogP contribution in [0.5, 0.6) is 5.75 Å². The maximum absolute atomic E-state index is 10.2. The number of nitrogens with two attached hydrogens (primary N) is 1. The standard InChI is InChI=1S/C26H24N4O2/c1-25(31)14-26(27,15-25)19-9-7-17(8-10-19)22-23(18-5-3-2-4-6-18)30-16-32-21-11-12-28-13-20(21)24(30)29-22/h2-13,31H,14-16,27H2,1H3. The van der Waals surface area contributed by atoms with Crippen LogP contribution in [0.4, 0.5) is 0 Å². The predicted molar refractivity (Wildman–Crippen MR) is 123 cm³/mol. The highest BCUT2D eigenvalue weighted by molar-refractivity contribution is 5.83. The predicted octanol–water partition coefficient (Wildman–Crippen LogP) is 4.33. The van der Waals surface area contributed by atoms with Crippen LogP contribution in [0.25, 0.3) is 33.9 Å². The van der Waals surface area contributed by atoms with Crippen molar-refractivity contribution in [2.75, 3.05) is 0 Å². The molecule has 3 heterocycles. The summed E-state index contributed by atoms with van der Waals surface area (Å²) in [6.07, 6.45) is 4.66. The molecule has 2 aliphatic rings. The summed E-state index contributed by atoms with van der Waals surface area (Å²) < 4.78 is 8.12. The van der Waals surface area contributed by atoms with Gasteiger partial charge in [-0.05, 0) is 31.4 Å². The first-order chi connectivity index (χ1) is 15.4. The van der Waals surface area contributed by atoms with E-state index in [-0.39, 0.29) is 0 Å². The number of pyridine rings is 1. The van der Waals surface area contributed by atoms with Crippen LogP contribution in [-0.4, -0.2) is 25.2 Å². The van der Waals surface area contributed by atoms with Crippen LogP contribution in [0.2, 0.25) is 0 Å². The molecular weight excluding hydrogens is 400 g/mol. The summed E-state index contributed by atoms with van der Waals surface area (Å²) in [7, 11) is 0. The van der Waals surface area contributed by atoms with Gasteiger partial charge in [-0.15, -0.1) is 0 Å². The first-order valence-electron chi connectivity index (χ1n) is 10.8. The molecule has 6 heteroatoms. The van der Waals surface area contributed by atoms with Gasteiger partial charge in [0, 0.05) is 29.1 Å². The molecule has 0 unspecified atom stereocenters. The zero-order valence-electron chi connectivity index (χ0n) is 17.8. The summed E-state index contributed by atoms with van der Waals surface area (Å²) in [5.41, 5.74) is 11.3. The van der Waals surface area contributed by atoms with Crippen LogP contribution >= 0.6 is 0 Å². The van der Waals surface area contributed by atoms with Gasteiger partial charge in [0.15, 0.2) is 6.73 Å². The monoisotopic (exact) mass is 424 g/mol. The van der Waals surface area contributed by atoms with Crippen molar-refractivity contribution >= 4 is 0 Å². The van der Waals surface area contributed by atoms with Gasteiger partial charge >= 0.3 is 0 Å². The van der Waals surface area contributed by atoms with Gasteiger partial charge in [-0.2, -0.15) is 0 Å². The van der Waals surface area contributed by atoms with E-state index >= 15 is 0 Å². The van der Waals surface area contributed by atoms with Gasteiger partial charge in [0.05, 0.1) is 22.6 Å². The molecular formula is C26H24N4O2. The van der Waals surface area contributed by atoms with E-state index in [1.165, 1.54) is 0 Å². The minimum absolute atomic E-state index is 0.392. The lowest BCUT2D eigenvalue weighted by Crippen LogP contribution is -2.58. The van der Waals surface area contributed by atoms with E-state index in [0.29, 0.717) is 19.6 Å². The Balaban J connectivity index is 1.48. The SMILES string of the molecule is CC1(O)CC(N)(c2ccc(-c3nc4n(c3-c3ccccc3)COc3ccncc3-4)cc2)C1. The third-order valence-electron chi connectivity index (χ3n) is 6.51. The highest BCUT2D eigenvalue weighted by Gasteiger charge is 2.49. The Kier molecular flexibility index (Phi) is 4.06. The molecule has 0 bridgehead atoms. The van der Waals surface area contributed by atoms with Crippen LogP contribution in [0.15, 0.2) is 73.1 Å². The number of imidazole rings is 1. The largest absolute Gasteiger partial charge is 0.472 e. The molecule has 32 heavy (non-hydrogen) atoms. The van der Waals surface area contributed by atoms with Crippen LogP contribution in [0, 0.1) is 0 Å². The molecule has 1 aliphatic carbocycles. The molecule has 4 aromatic rings. The van der Waals surface area contributed by atoms with E-state index in [1.807, 2.05) is 31.2 Å². The fraction of sp³-hybridized carbons (Fsp3) is 0.231. The molecule has 160 valence electrons. The molecule has 2 aromatic heterocycles. The molecule has 0 amide bonds. The molecule has 0 atom stereocenters. The fourth-order valence-corrected chi connectivity index (χ4v) is 5.16. The molecule has 6 nitrogen and oxygen atoms in total. The summed E-state index contributed by atoms with van der Waals surface area (Å²) in [6, 6.07) is 20.4. The zero-order chi connectivity index (χ0) is 21.9. The number of nitrogens with zero attached hydrogens (tertiary/aromatic N) is 3. The van der Waals surface area contributed by atoms with E-state index in [4.69, 9.17) is 15.5 Å². The quantitative estimate of drug-likeness (QED) is 0.511. The van der Waals surface area contributed by atoms with Gasteiger partial charge in [0.2, 0.25) is 0 Å². The summed E-state index contributed by atoms with van der Waals surface area (Å²) in [6.45, 7) is 2.23. The Hall–Kier alpha value is -3.48. The third kappa shape index (κ3) is 2.95. The molecule has 1 fully saturated rings. The lowest BCUT2D eigenvalue weighted by atomic mass is 9.63. The van der Waals surface area contributed by atoms with Gasteiger partial charge < -0.3 is 15.6 Å². The first kappa shape index (κ1) is 19.2. The molecule has 2 aromatic carbocycles. The number of rotatable bonds is 3. The molecule has 6 rings (SSSR count). The number of benzene rings is 2. The zero-order valence-corrected chi connectivity index (χ0v) is 17.8. The number of aromatic nitrogens is 3. The first-order valence-corrected chi connectivity index (χ1v) is 10.8. The second-order valence-corrected chi connectivity index (χ2v) is 9.16. The van der Waals surface area contributed by atoms with Crippen molar-refractivity contribution in [2.45, 2.75) is 37.6 Å². The lowest BCUT2D eigenvalue weighted by molar-refractivity contribution is -0.0738. The molecule has 3 N–H and O–H groups in total. The van der Waals surface area contributed by atoms with Gasteiger partial charge in [-0.25, -0.2) is 4.98 Å². The molecule has 0 radical (unpaired) electrons. The summed E-state index contributed by atoms with van der Waals surface area (Å²) in [4.78, 5) is 9.34. The Labute approximate surface area is 186 Å². The molecule has 0 spiro atoms. The van der Waals surface area contributed by atoms with Crippen molar-refractivity contribution in [1.29, 1.82) is 0 Å². The highest BCUT2D eigenvalue weighted by Crippen LogP contribution is 2.47. The van der Waals surface area contributed by atoms with Crippen molar-refractivity contribution in [3.63, 3.8) is 0 Å². The van der Waals surface area contributed by atoms with Crippen molar-refractivity contribution in [2.24, 2.45) is 5.73 Å². The van der Waals surface area contributed by atoms with Crippen molar-refractivity contribution in [3.8, 4) is 39.7 Å². The normalized spacial score (nSPS) is 23.6.